The van der Waals surface area contributed by atoms with E-state index in [-0.39, 0.29) is 23.4 Å². The van der Waals surface area contributed by atoms with E-state index in [0.29, 0.717) is 16.4 Å². The number of benzene rings is 1. The van der Waals surface area contributed by atoms with Crippen LogP contribution >= 0.6 is 11.8 Å². The Labute approximate surface area is 154 Å². The van der Waals surface area contributed by atoms with Crippen LogP contribution in [0.3, 0.4) is 0 Å². The number of thioether (sulfide) groups is 1. The summed E-state index contributed by atoms with van der Waals surface area (Å²) in [5.41, 5.74) is 6.91. The molecule has 0 fully saturated rings. The monoisotopic (exact) mass is 377 g/mol. The number of nitrogens with zero attached hydrogens (tertiary/aromatic N) is 3. The molecule has 0 spiro atoms. The molecule has 1 heterocycles. The van der Waals surface area contributed by atoms with Gasteiger partial charge < -0.3 is 15.8 Å². The Balaban J connectivity index is 2.11. The molecule has 0 saturated heterocycles. The molecule has 0 radical (unpaired) electrons. The second-order valence-corrected chi connectivity index (χ2v) is 6.32. The number of esters is 1. The molecular weight excluding hydrogens is 358 g/mol. The summed E-state index contributed by atoms with van der Waals surface area (Å²) in [6.45, 7) is 3.11. The molecule has 9 nitrogen and oxygen atoms in total. The average molecular weight is 377 g/mol. The topological polar surface area (TPSA) is 129 Å². The Hall–Kier alpha value is -2.88. The lowest BCUT2D eigenvalue weighted by Crippen LogP contribution is -2.25. The first-order valence-electron chi connectivity index (χ1n) is 7.65. The number of nitrogen functional groups attached to an aromatic ring is 1. The molecule has 0 aliphatic heterocycles. The third-order valence-electron chi connectivity index (χ3n) is 3.56. The van der Waals surface area contributed by atoms with E-state index in [2.05, 4.69) is 20.3 Å². The second kappa shape index (κ2) is 8.48. The van der Waals surface area contributed by atoms with E-state index in [1.807, 2.05) is 0 Å². The van der Waals surface area contributed by atoms with Gasteiger partial charge in [0.1, 0.15) is 6.04 Å². The predicted octanol–water partition coefficient (Wildman–Crippen LogP) is 1.53. The minimum absolute atomic E-state index is 0.0233. The lowest BCUT2D eigenvalue weighted by Gasteiger charge is -2.16. The number of methoxy groups -OCH3 is 1. The number of carbonyl (C=O) groups excluding carboxylic acids is 3. The van der Waals surface area contributed by atoms with E-state index in [4.69, 9.17) is 5.73 Å². The number of nitrogens with two attached hydrogens (primary N) is 1. The smallest absolute Gasteiger partial charge is 0.316 e. The predicted molar refractivity (Wildman–Crippen MR) is 97.0 cm³/mol. The van der Waals surface area contributed by atoms with Crippen molar-refractivity contribution < 1.29 is 19.1 Å². The number of ether oxygens (including phenoxy) is 1. The van der Waals surface area contributed by atoms with Gasteiger partial charge in [-0.3, -0.25) is 19.0 Å². The maximum absolute atomic E-state index is 12.5. The van der Waals surface area contributed by atoms with E-state index in [0.717, 1.165) is 11.8 Å². The highest BCUT2D eigenvalue weighted by atomic mass is 32.2. The van der Waals surface area contributed by atoms with Crippen LogP contribution < -0.4 is 11.1 Å². The van der Waals surface area contributed by atoms with Crippen LogP contribution in [0.15, 0.2) is 29.4 Å². The van der Waals surface area contributed by atoms with Crippen LogP contribution in [0.5, 0.6) is 0 Å². The maximum atomic E-state index is 12.5. The van der Waals surface area contributed by atoms with Gasteiger partial charge in [0, 0.05) is 11.3 Å². The summed E-state index contributed by atoms with van der Waals surface area (Å²) in [6, 6.07) is 5.84. The van der Waals surface area contributed by atoms with E-state index in [9.17, 15) is 14.4 Å². The molecule has 2 rings (SSSR count). The molecule has 0 aliphatic rings. The highest BCUT2D eigenvalue weighted by Crippen LogP contribution is 2.24. The zero-order chi connectivity index (χ0) is 19.3. The fourth-order valence-electron chi connectivity index (χ4n) is 2.09. The number of nitrogens with one attached hydrogen (secondary N) is 1. The molecule has 1 atom stereocenters. The van der Waals surface area contributed by atoms with Crippen molar-refractivity contribution in [3.8, 4) is 0 Å². The molecule has 1 amide bonds. The summed E-state index contributed by atoms with van der Waals surface area (Å²) in [5.74, 6) is -0.735. The fraction of sp³-hybridized carbons (Fsp3) is 0.312. The van der Waals surface area contributed by atoms with Crippen molar-refractivity contribution in [2.24, 2.45) is 0 Å². The minimum Gasteiger partial charge on any atom is -0.468 e. The zero-order valence-electron chi connectivity index (χ0n) is 14.6. The molecule has 1 aromatic heterocycles. The maximum Gasteiger partial charge on any atom is 0.316 e. The van der Waals surface area contributed by atoms with Crippen molar-refractivity contribution >= 4 is 41.1 Å². The van der Waals surface area contributed by atoms with Gasteiger partial charge in [-0.05, 0) is 38.1 Å². The van der Waals surface area contributed by atoms with Gasteiger partial charge in [0.2, 0.25) is 11.9 Å². The Bertz CT molecular complexity index is 819. The van der Waals surface area contributed by atoms with Crippen molar-refractivity contribution in [1.29, 1.82) is 0 Å². The molecule has 2 aromatic rings. The Morgan fingerprint density at radius 1 is 1.27 bits per heavy atom. The zero-order valence-corrected chi connectivity index (χ0v) is 15.4. The van der Waals surface area contributed by atoms with Crippen molar-refractivity contribution in [3.63, 3.8) is 0 Å². The van der Waals surface area contributed by atoms with E-state index >= 15 is 0 Å². The molecule has 0 aliphatic carbocycles. The Morgan fingerprint density at radius 3 is 2.50 bits per heavy atom. The summed E-state index contributed by atoms with van der Waals surface area (Å²) in [5, 5.41) is 10.7. The van der Waals surface area contributed by atoms with Crippen LogP contribution in [-0.2, 0) is 14.3 Å². The first-order valence-corrected chi connectivity index (χ1v) is 8.64. The van der Waals surface area contributed by atoms with Gasteiger partial charge in [-0.25, -0.2) is 0 Å². The number of rotatable bonds is 7. The second-order valence-electron chi connectivity index (χ2n) is 5.37. The molecule has 138 valence electrons. The van der Waals surface area contributed by atoms with E-state index in [1.165, 1.54) is 18.6 Å². The molecule has 0 saturated carbocycles. The van der Waals surface area contributed by atoms with Gasteiger partial charge in [0.25, 0.3) is 0 Å². The molecule has 1 aromatic carbocycles. The average Bonchev–Trinajstić information content (AvgIpc) is 2.99. The first kappa shape index (κ1) is 19.4. The quantitative estimate of drug-likeness (QED) is 0.422. The lowest BCUT2D eigenvalue weighted by atomic mass is 10.1. The van der Waals surface area contributed by atoms with Gasteiger partial charge in [-0.1, -0.05) is 11.8 Å². The molecule has 26 heavy (non-hydrogen) atoms. The first-order chi connectivity index (χ1) is 12.3. The number of aromatic nitrogens is 3. The normalized spacial score (nSPS) is 11.7. The van der Waals surface area contributed by atoms with Gasteiger partial charge in [-0.15, -0.1) is 10.2 Å². The molecule has 1 unspecified atom stereocenters. The molecule has 10 heteroatoms. The number of carbonyl (C=O) groups is 3. The van der Waals surface area contributed by atoms with Crippen molar-refractivity contribution in [1.82, 2.24) is 14.8 Å². The molecular formula is C16H19N5O4S. The minimum atomic E-state index is -0.711. The summed E-state index contributed by atoms with van der Waals surface area (Å²) in [4.78, 5) is 35.1. The number of Topliss-reactive ketones (excluding diaryl/α,β-unsaturated/α-hetero) is 1. The van der Waals surface area contributed by atoms with Crippen LogP contribution in [0, 0.1) is 0 Å². The lowest BCUT2D eigenvalue weighted by molar-refractivity contribution is -0.137. The molecule has 0 bridgehead atoms. The summed E-state index contributed by atoms with van der Waals surface area (Å²) in [7, 11) is 1.29. The standard InChI is InChI=1S/C16H19N5O4S/c1-9(14(24)18-12-6-4-11(5-7-12)10(2)22)21-15(17)19-20-16(21)26-8-13(23)25-3/h4-7,9H,8H2,1-3H3,(H2,17,19)(H,18,24). The van der Waals surface area contributed by atoms with Gasteiger partial charge in [0.15, 0.2) is 10.9 Å². The summed E-state index contributed by atoms with van der Waals surface area (Å²) in [6.07, 6.45) is 0. The SMILES string of the molecule is COC(=O)CSc1nnc(N)n1C(C)C(=O)Nc1ccc(C(C)=O)cc1. The third kappa shape index (κ3) is 4.60. The van der Waals surface area contributed by atoms with Crippen LogP contribution in [0.1, 0.15) is 30.2 Å². The summed E-state index contributed by atoms with van der Waals surface area (Å²) < 4.78 is 6.02. The van der Waals surface area contributed by atoms with Crippen LogP contribution in [0.25, 0.3) is 0 Å². The van der Waals surface area contributed by atoms with Crippen molar-refractivity contribution in [3.05, 3.63) is 29.8 Å². The van der Waals surface area contributed by atoms with Crippen LogP contribution in [-0.4, -0.2) is 45.3 Å². The Kier molecular flexibility index (Phi) is 6.34. The van der Waals surface area contributed by atoms with Crippen molar-refractivity contribution in [2.75, 3.05) is 23.9 Å². The number of hydrogen-bond acceptors (Lipinski definition) is 8. The summed E-state index contributed by atoms with van der Waals surface area (Å²) >= 11 is 1.08. The van der Waals surface area contributed by atoms with Crippen LogP contribution in [0.2, 0.25) is 0 Å². The Morgan fingerprint density at radius 2 is 1.92 bits per heavy atom. The fourth-order valence-corrected chi connectivity index (χ4v) is 2.94. The van der Waals surface area contributed by atoms with Crippen LogP contribution in [0.4, 0.5) is 11.6 Å². The number of anilines is 2. The van der Waals surface area contributed by atoms with E-state index in [1.54, 1.807) is 31.2 Å². The highest BCUT2D eigenvalue weighted by Gasteiger charge is 2.23. The van der Waals surface area contributed by atoms with Gasteiger partial charge in [0.05, 0.1) is 12.9 Å². The van der Waals surface area contributed by atoms with Gasteiger partial charge in [-0.2, -0.15) is 0 Å². The largest absolute Gasteiger partial charge is 0.468 e. The molecule has 3 N–H and O–H groups in total. The van der Waals surface area contributed by atoms with E-state index < -0.39 is 12.0 Å². The number of hydrogen-bond donors (Lipinski definition) is 2. The third-order valence-corrected chi connectivity index (χ3v) is 4.48. The van der Waals surface area contributed by atoms with Gasteiger partial charge >= 0.3 is 5.97 Å². The van der Waals surface area contributed by atoms with Crippen molar-refractivity contribution in [2.45, 2.75) is 25.0 Å². The number of ketones is 1. The highest BCUT2D eigenvalue weighted by molar-refractivity contribution is 7.99. The number of amides is 1.